The molecule has 0 aromatic heterocycles. The van der Waals surface area contributed by atoms with Gasteiger partial charge in [0, 0.05) is 0 Å². The maximum Gasteiger partial charge on any atom is 0.311 e. The summed E-state index contributed by atoms with van der Waals surface area (Å²) in [4.78, 5) is 24.5. The Bertz CT molecular complexity index is 480. The van der Waals surface area contributed by atoms with Crippen molar-refractivity contribution < 1.29 is 19.8 Å². The fourth-order valence-corrected chi connectivity index (χ4v) is 4.39. The van der Waals surface area contributed by atoms with E-state index in [2.05, 4.69) is 13.8 Å². The van der Waals surface area contributed by atoms with Crippen LogP contribution in [-0.4, -0.2) is 22.2 Å². The van der Waals surface area contributed by atoms with Crippen molar-refractivity contribution in [3.05, 3.63) is 12.2 Å². The predicted octanol–water partition coefficient (Wildman–Crippen LogP) is 5.52. The van der Waals surface area contributed by atoms with Crippen molar-refractivity contribution in [3.63, 3.8) is 0 Å². The van der Waals surface area contributed by atoms with Crippen molar-refractivity contribution in [1.82, 2.24) is 0 Å². The Hall–Kier alpha value is -1.32. The second-order valence-electron chi connectivity index (χ2n) is 8.60. The number of carboxylic acid groups (broad SMARTS) is 2. The molecule has 0 aromatic rings. The van der Waals surface area contributed by atoms with Gasteiger partial charge in [-0.1, -0.05) is 72.0 Å². The van der Waals surface area contributed by atoms with Gasteiger partial charge in [-0.05, 0) is 37.5 Å². The first kappa shape index (κ1) is 21.7. The van der Waals surface area contributed by atoms with Crippen LogP contribution < -0.4 is 0 Å². The molecule has 1 aliphatic rings. The number of hydrogen-bond acceptors (Lipinski definition) is 2. The fourth-order valence-electron chi connectivity index (χ4n) is 4.39. The van der Waals surface area contributed by atoms with Crippen molar-refractivity contribution in [3.8, 4) is 0 Å². The van der Waals surface area contributed by atoms with E-state index in [0.717, 1.165) is 25.7 Å². The predicted molar refractivity (Wildman–Crippen MR) is 101 cm³/mol. The average molecular weight is 353 g/mol. The molecule has 144 valence electrons. The van der Waals surface area contributed by atoms with Crippen molar-refractivity contribution in [2.75, 3.05) is 0 Å². The summed E-state index contributed by atoms with van der Waals surface area (Å²) in [6.45, 7) is 8.37. The van der Waals surface area contributed by atoms with Crippen molar-refractivity contribution >= 4 is 11.9 Å². The zero-order chi connectivity index (χ0) is 19.1. The molecular weight excluding hydrogens is 316 g/mol. The number of hydrogen-bond donors (Lipinski definition) is 2. The van der Waals surface area contributed by atoms with Gasteiger partial charge < -0.3 is 10.2 Å². The molecule has 25 heavy (non-hydrogen) atoms. The highest BCUT2D eigenvalue weighted by molar-refractivity contribution is 5.87. The summed E-state index contributed by atoms with van der Waals surface area (Å²) >= 11 is 0. The Kier molecular flexibility index (Phi) is 8.17. The number of rotatable bonds is 11. The summed E-state index contributed by atoms with van der Waals surface area (Å²) in [6, 6.07) is 0. The molecule has 0 aromatic carbocycles. The van der Waals surface area contributed by atoms with Crippen LogP contribution in [0.15, 0.2) is 12.2 Å². The van der Waals surface area contributed by atoms with Crippen molar-refractivity contribution in [2.24, 2.45) is 22.7 Å². The van der Waals surface area contributed by atoms with Gasteiger partial charge in [0.05, 0.1) is 10.8 Å². The van der Waals surface area contributed by atoms with Gasteiger partial charge in [-0.3, -0.25) is 9.59 Å². The summed E-state index contributed by atoms with van der Waals surface area (Å²) in [7, 11) is 0. The Morgan fingerprint density at radius 3 is 1.84 bits per heavy atom. The minimum absolute atomic E-state index is 0.146. The van der Waals surface area contributed by atoms with Crippen LogP contribution in [-0.2, 0) is 9.59 Å². The first-order valence-electron chi connectivity index (χ1n) is 9.80. The molecule has 0 spiro atoms. The summed E-state index contributed by atoms with van der Waals surface area (Å²) in [5.41, 5.74) is -2.38. The molecule has 0 fully saturated rings. The number of carbonyl (C=O) groups is 2. The molecule has 2 unspecified atom stereocenters. The third kappa shape index (κ3) is 5.08. The van der Waals surface area contributed by atoms with E-state index < -0.39 is 22.8 Å². The summed E-state index contributed by atoms with van der Waals surface area (Å²) in [6.07, 6.45) is 10.4. The molecule has 1 aliphatic carbocycles. The van der Waals surface area contributed by atoms with Gasteiger partial charge in [0.15, 0.2) is 0 Å². The zero-order valence-electron chi connectivity index (χ0n) is 16.4. The molecule has 0 amide bonds. The second kappa shape index (κ2) is 9.40. The molecule has 0 saturated carbocycles. The molecule has 2 atom stereocenters. The summed E-state index contributed by atoms with van der Waals surface area (Å²) in [5.74, 6) is -1.05. The second-order valence-corrected chi connectivity index (χ2v) is 8.60. The van der Waals surface area contributed by atoms with Crippen LogP contribution in [0.1, 0.15) is 85.5 Å². The van der Waals surface area contributed by atoms with Gasteiger partial charge >= 0.3 is 11.9 Å². The van der Waals surface area contributed by atoms with Crippen molar-refractivity contribution in [2.45, 2.75) is 85.5 Å². The number of aliphatic carboxylic acids is 2. The highest BCUT2D eigenvalue weighted by atomic mass is 16.4. The fraction of sp³-hybridized carbons (Fsp3) is 0.810. The van der Waals surface area contributed by atoms with E-state index in [0.29, 0.717) is 31.6 Å². The molecular formula is C21H36O4. The van der Waals surface area contributed by atoms with Gasteiger partial charge in [0.2, 0.25) is 0 Å². The highest BCUT2D eigenvalue weighted by Gasteiger charge is 2.60. The lowest BCUT2D eigenvalue weighted by Crippen LogP contribution is -2.54. The van der Waals surface area contributed by atoms with E-state index in [-0.39, 0.29) is 5.92 Å². The Labute approximate surface area is 152 Å². The van der Waals surface area contributed by atoms with Crippen LogP contribution in [0.25, 0.3) is 0 Å². The molecule has 0 heterocycles. The molecule has 0 aliphatic heterocycles. The third-order valence-electron chi connectivity index (χ3n) is 5.73. The van der Waals surface area contributed by atoms with E-state index in [4.69, 9.17) is 0 Å². The summed E-state index contributed by atoms with van der Waals surface area (Å²) in [5, 5.41) is 20.1. The number of unbranched alkanes of at least 4 members (excludes halogenated alkanes) is 3. The Morgan fingerprint density at radius 2 is 1.36 bits per heavy atom. The standard InChI is InChI=1S/C21H36O4/c1-16(2)11-7-5-6-8-12-20(18(22)23)13-9-10-14-21(20,19(24)25)15-17(3)4/h9-10,16-17H,5-8,11-15H2,1-4H3,(H,22,23)(H,24,25). The van der Waals surface area contributed by atoms with E-state index >= 15 is 0 Å². The molecule has 1 rings (SSSR count). The molecule has 0 bridgehead atoms. The van der Waals surface area contributed by atoms with Crippen LogP contribution in [0.5, 0.6) is 0 Å². The first-order valence-corrected chi connectivity index (χ1v) is 9.80. The smallest absolute Gasteiger partial charge is 0.311 e. The van der Waals surface area contributed by atoms with E-state index in [1.54, 1.807) is 0 Å². The van der Waals surface area contributed by atoms with Crippen LogP contribution >= 0.6 is 0 Å². The Balaban J connectivity index is 2.92. The van der Waals surface area contributed by atoms with Crippen LogP contribution in [0.2, 0.25) is 0 Å². The van der Waals surface area contributed by atoms with Gasteiger partial charge in [0.1, 0.15) is 0 Å². The van der Waals surface area contributed by atoms with E-state index in [9.17, 15) is 19.8 Å². The SMILES string of the molecule is CC(C)CCCCCCC1(C(=O)O)CC=CCC1(CC(C)C)C(=O)O. The van der Waals surface area contributed by atoms with Gasteiger partial charge in [-0.15, -0.1) is 0 Å². The van der Waals surface area contributed by atoms with E-state index in [1.165, 1.54) is 6.42 Å². The molecule has 0 saturated heterocycles. The monoisotopic (exact) mass is 352 g/mol. The maximum atomic E-state index is 12.3. The molecule has 4 nitrogen and oxygen atoms in total. The topological polar surface area (TPSA) is 74.6 Å². The molecule has 0 radical (unpaired) electrons. The number of carboxylic acids is 2. The largest absolute Gasteiger partial charge is 0.481 e. The quantitative estimate of drug-likeness (QED) is 0.379. The van der Waals surface area contributed by atoms with E-state index in [1.807, 2.05) is 26.0 Å². The first-order chi connectivity index (χ1) is 11.7. The molecule has 2 N–H and O–H groups in total. The normalized spacial score (nSPS) is 26.3. The highest BCUT2D eigenvalue weighted by Crippen LogP contribution is 2.55. The van der Waals surface area contributed by atoms with Crippen LogP contribution in [0.4, 0.5) is 0 Å². The minimum Gasteiger partial charge on any atom is -0.481 e. The maximum absolute atomic E-state index is 12.3. The average Bonchev–Trinajstić information content (AvgIpc) is 2.50. The third-order valence-corrected chi connectivity index (χ3v) is 5.73. The van der Waals surface area contributed by atoms with Crippen LogP contribution in [0, 0.1) is 22.7 Å². The van der Waals surface area contributed by atoms with Crippen molar-refractivity contribution in [1.29, 1.82) is 0 Å². The molecule has 4 heteroatoms. The van der Waals surface area contributed by atoms with Crippen LogP contribution in [0.3, 0.4) is 0 Å². The van der Waals surface area contributed by atoms with Gasteiger partial charge in [-0.2, -0.15) is 0 Å². The summed E-state index contributed by atoms with van der Waals surface area (Å²) < 4.78 is 0. The zero-order valence-corrected chi connectivity index (χ0v) is 16.4. The van der Waals surface area contributed by atoms with Gasteiger partial charge in [-0.25, -0.2) is 0 Å². The van der Waals surface area contributed by atoms with Gasteiger partial charge in [0.25, 0.3) is 0 Å². The minimum atomic E-state index is -1.19. The lowest BCUT2D eigenvalue weighted by Gasteiger charge is -2.47. The lowest BCUT2D eigenvalue weighted by molar-refractivity contribution is -0.178. The number of allylic oxidation sites excluding steroid dienone is 2. The Morgan fingerprint density at radius 1 is 0.840 bits per heavy atom. The lowest BCUT2D eigenvalue weighted by atomic mass is 9.53.